The van der Waals surface area contributed by atoms with Crippen molar-refractivity contribution in [3.63, 3.8) is 0 Å². The van der Waals surface area contributed by atoms with E-state index in [0.29, 0.717) is 53.6 Å². The normalized spacial score (nSPS) is 16.6. The molecule has 0 unspecified atom stereocenters. The first kappa shape index (κ1) is 22.0. The molecule has 1 aromatic heterocycles. The number of rotatable bonds is 7. The van der Waals surface area contributed by atoms with Crippen molar-refractivity contribution in [2.24, 2.45) is 0 Å². The van der Waals surface area contributed by atoms with E-state index >= 15 is 0 Å². The number of aromatic nitrogens is 2. The van der Waals surface area contributed by atoms with Crippen LogP contribution in [0.15, 0.2) is 36.7 Å². The summed E-state index contributed by atoms with van der Waals surface area (Å²) < 4.78 is 30.1. The highest BCUT2D eigenvalue weighted by Gasteiger charge is 2.23. The number of methoxy groups -OCH3 is 1. The first-order chi connectivity index (χ1) is 15.4. The van der Waals surface area contributed by atoms with Crippen molar-refractivity contribution in [1.82, 2.24) is 14.9 Å². The Balaban J connectivity index is 1.55. The number of morpholine rings is 1. The third kappa shape index (κ3) is 5.00. The molecule has 8 nitrogen and oxygen atoms in total. The van der Waals surface area contributed by atoms with Crippen LogP contribution in [0.5, 0.6) is 11.5 Å². The molecule has 0 bridgehead atoms. The zero-order chi connectivity index (χ0) is 22.7. The van der Waals surface area contributed by atoms with E-state index in [0.717, 1.165) is 0 Å². The van der Waals surface area contributed by atoms with E-state index in [4.69, 9.17) is 25.8 Å². The number of carbonyl (C=O) groups excluding carboxylic acids is 1. The standard InChI is InChI=1S/C22H22ClFN4O4/c1-13-10-28(11-21(29)32-13)5-6-31-20-8-15-18(9-19(20)30-2)25-12-26-22(15)27-14-3-4-17(24)16(23)7-14/h3-4,7-9,12-13H,5-6,10-11H2,1-2H3,(H,25,26,27)/t13-/m1/s1. The molecular formula is C22H22ClFN4O4. The Hall–Kier alpha value is -3.17. The van der Waals surface area contributed by atoms with Crippen LogP contribution in [0.2, 0.25) is 5.02 Å². The molecule has 32 heavy (non-hydrogen) atoms. The Morgan fingerprint density at radius 1 is 1.28 bits per heavy atom. The van der Waals surface area contributed by atoms with E-state index in [2.05, 4.69) is 15.3 Å². The van der Waals surface area contributed by atoms with Crippen LogP contribution in [0.25, 0.3) is 10.9 Å². The zero-order valence-corrected chi connectivity index (χ0v) is 18.4. The number of carbonyl (C=O) groups is 1. The van der Waals surface area contributed by atoms with Crippen LogP contribution in [0.4, 0.5) is 15.9 Å². The van der Waals surface area contributed by atoms with Crippen LogP contribution in [0.1, 0.15) is 6.92 Å². The van der Waals surface area contributed by atoms with E-state index < -0.39 is 5.82 Å². The molecule has 0 radical (unpaired) electrons. The summed E-state index contributed by atoms with van der Waals surface area (Å²) in [5, 5.41) is 3.84. The summed E-state index contributed by atoms with van der Waals surface area (Å²) in [6.07, 6.45) is 1.28. The molecule has 1 N–H and O–H groups in total. The van der Waals surface area contributed by atoms with E-state index in [1.165, 1.54) is 18.5 Å². The van der Waals surface area contributed by atoms with Crippen LogP contribution in [0.3, 0.4) is 0 Å². The topological polar surface area (TPSA) is 85.8 Å². The molecule has 1 aliphatic heterocycles. The molecule has 2 aromatic carbocycles. The molecular weight excluding hydrogens is 439 g/mol. The number of nitrogens with one attached hydrogen (secondary N) is 1. The predicted octanol–water partition coefficient (Wildman–Crippen LogP) is 3.80. The highest BCUT2D eigenvalue weighted by Crippen LogP contribution is 2.35. The predicted molar refractivity (Wildman–Crippen MR) is 118 cm³/mol. The number of hydrogen-bond acceptors (Lipinski definition) is 8. The summed E-state index contributed by atoms with van der Waals surface area (Å²) in [7, 11) is 1.55. The highest BCUT2D eigenvalue weighted by molar-refractivity contribution is 6.31. The molecule has 0 amide bonds. The van der Waals surface area contributed by atoms with Gasteiger partial charge in [-0.1, -0.05) is 11.6 Å². The lowest BCUT2D eigenvalue weighted by Gasteiger charge is -2.29. The maximum absolute atomic E-state index is 13.5. The number of esters is 1. The lowest BCUT2D eigenvalue weighted by molar-refractivity contribution is -0.157. The minimum atomic E-state index is -0.499. The van der Waals surface area contributed by atoms with Crippen molar-refractivity contribution in [3.8, 4) is 11.5 Å². The largest absolute Gasteiger partial charge is 0.493 e. The monoisotopic (exact) mass is 460 g/mol. The van der Waals surface area contributed by atoms with Crippen molar-refractivity contribution in [1.29, 1.82) is 0 Å². The third-order valence-corrected chi connectivity index (χ3v) is 5.26. The number of anilines is 2. The van der Waals surface area contributed by atoms with E-state index in [-0.39, 0.29) is 23.6 Å². The molecule has 2 heterocycles. The molecule has 3 aromatic rings. The Morgan fingerprint density at radius 2 is 2.12 bits per heavy atom. The fourth-order valence-electron chi connectivity index (χ4n) is 3.51. The Bertz CT molecular complexity index is 1150. The molecule has 1 saturated heterocycles. The van der Waals surface area contributed by atoms with Gasteiger partial charge in [0.1, 0.15) is 30.7 Å². The minimum Gasteiger partial charge on any atom is -0.493 e. The number of ether oxygens (including phenoxy) is 3. The second-order valence-corrected chi connectivity index (χ2v) is 7.79. The second-order valence-electron chi connectivity index (χ2n) is 7.38. The number of halogens is 2. The number of benzene rings is 2. The van der Waals surface area contributed by atoms with Gasteiger partial charge in [0.25, 0.3) is 0 Å². The Labute approximate surface area is 189 Å². The van der Waals surface area contributed by atoms with Gasteiger partial charge in [0, 0.05) is 30.2 Å². The van der Waals surface area contributed by atoms with Crippen molar-refractivity contribution in [2.45, 2.75) is 13.0 Å². The molecule has 168 valence electrons. The summed E-state index contributed by atoms with van der Waals surface area (Å²) in [5.74, 6) is 0.821. The second kappa shape index (κ2) is 9.54. The third-order valence-electron chi connectivity index (χ3n) is 4.97. The van der Waals surface area contributed by atoms with Crippen LogP contribution in [-0.4, -0.2) is 60.3 Å². The van der Waals surface area contributed by atoms with Gasteiger partial charge in [-0.3, -0.25) is 9.69 Å². The molecule has 0 saturated carbocycles. The van der Waals surface area contributed by atoms with Crippen LogP contribution < -0.4 is 14.8 Å². The van der Waals surface area contributed by atoms with E-state index in [1.807, 2.05) is 11.8 Å². The van der Waals surface area contributed by atoms with Crippen molar-refractivity contribution in [2.75, 3.05) is 38.7 Å². The SMILES string of the molecule is COc1cc2ncnc(Nc3ccc(F)c(Cl)c3)c2cc1OCCN1CC(=O)O[C@H](C)C1. The van der Waals surface area contributed by atoms with E-state index in [1.54, 1.807) is 25.3 Å². The average Bonchev–Trinajstić information content (AvgIpc) is 2.75. The van der Waals surface area contributed by atoms with Gasteiger partial charge in [0.05, 0.1) is 24.2 Å². The van der Waals surface area contributed by atoms with Gasteiger partial charge in [0.2, 0.25) is 0 Å². The average molecular weight is 461 g/mol. The quantitative estimate of drug-likeness (QED) is 0.533. The van der Waals surface area contributed by atoms with Crippen LogP contribution in [-0.2, 0) is 9.53 Å². The molecule has 1 fully saturated rings. The molecule has 0 aliphatic carbocycles. The first-order valence-corrected chi connectivity index (χ1v) is 10.4. The lowest BCUT2D eigenvalue weighted by Crippen LogP contribution is -2.45. The Morgan fingerprint density at radius 3 is 2.88 bits per heavy atom. The maximum atomic E-state index is 13.5. The van der Waals surface area contributed by atoms with Gasteiger partial charge in [-0.2, -0.15) is 0 Å². The number of fused-ring (bicyclic) bond motifs is 1. The van der Waals surface area contributed by atoms with Crippen molar-refractivity contribution >= 4 is 40.0 Å². The zero-order valence-electron chi connectivity index (χ0n) is 17.6. The highest BCUT2D eigenvalue weighted by atomic mass is 35.5. The smallest absolute Gasteiger partial charge is 0.320 e. The lowest BCUT2D eigenvalue weighted by atomic mass is 10.2. The molecule has 4 rings (SSSR count). The summed E-state index contributed by atoms with van der Waals surface area (Å²) in [6, 6.07) is 7.88. The summed E-state index contributed by atoms with van der Waals surface area (Å²) in [5.41, 5.74) is 1.23. The van der Waals surface area contributed by atoms with Gasteiger partial charge >= 0.3 is 5.97 Å². The molecule has 1 aliphatic rings. The van der Waals surface area contributed by atoms with Gasteiger partial charge in [0.15, 0.2) is 11.5 Å². The fourth-order valence-corrected chi connectivity index (χ4v) is 3.69. The molecule has 0 spiro atoms. The summed E-state index contributed by atoms with van der Waals surface area (Å²) in [4.78, 5) is 22.2. The van der Waals surface area contributed by atoms with Gasteiger partial charge in [-0.05, 0) is 31.2 Å². The fraction of sp³-hybridized carbons (Fsp3) is 0.318. The number of cyclic esters (lactones) is 1. The van der Waals surface area contributed by atoms with Gasteiger partial charge < -0.3 is 19.5 Å². The molecule has 10 heteroatoms. The van der Waals surface area contributed by atoms with Gasteiger partial charge in [-0.15, -0.1) is 0 Å². The molecule has 1 atom stereocenters. The summed E-state index contributed by atoms with van der Waals surface area (Å²) in [6.45, 7) is 3.67. The Kier molecular flexibility index (Phi) is 6.57. The number of nitrogens with zero attached hydrogens (tertiary/aromatic N) is 3. The van der Waals surface area contributed by atoms with Crippen LogP contribution >= 0.6 is 11.6 Å². The van der Waals surface area contributed by atoms with Gasteiger partial charge in [-0.25, -0.2) is 14.4 Å². The minimum absolute atomic E-state index is 0.00923. The maximum Gasteiger partial charge on any atom is 0.320 e. The van der Waals surface area contributed by atoms with Crippen molar-refractivity contribution < 1.29 is 23.4 Å². The van der Waals surface area contributed by atoms with Crippen LogP contribution in [0, 0.1) is 5.82 Å². The summed E-state index contributed by atoms with van der Waals surface area (Å²) >= 11 is 5.89. The van der Waals surface area contributed by atoms with Crippen molar-refractivity contribution in [3.05, 3.63) is 47.5 Å². The first-order valence-electron chi connectivity index (χ1n) is 10.0. The number of hydrogen-bond donors (Lipinski definition) is 1. The van der Waals surface area contributed by atoms with E-state index in [9.17, 15) is 9.18 Å².